The average Bonchev–Trinajstić information content (AvgIpc) is 2.99. The lowest BCUT2D eigenvalue weighted by Gasteiger charge is -2.14. The maximum absolute atomic E-state index is 12.6. The number of rotatable bonds is 5. The van der Waals surface area contributed by atoms with Crippen molar-refractivity contribution in [1.82, 2.24) is 15.8 Å². The van der Waals surface area contributed by atoms with Gasteiger partial charge in [0.2, 0.25) is 5.91 Å². The van der Waals surface area contributed by atoms with Gasteiger partial charge in [0.05, 0.1) is 15.5 Å². The smallest absolute Gasteiger partial charge is 0.271 e. The molecule has 0 aromatic heterocycles. The van der Waals surface area contributed by atoms with Crippen LogP contribution in [0.5, 0.6) is 0 Å². The average molecular weight is 460 g/mol. The summed E-state index contributed by atoms with van der Waals surface area (Å²) >= 11 is 12.4. The molecule has 154 valence electrons. The van der Waals surface area contributed by atoms with Crippen molar-refractivity contribution in [3.05, 3.63) is 75.1 Å². The van der Waals surface area contributed by atoms with Gasteiger partial charge in [-0.05, 0) is 30.7 Å². The van der Waals surface area contributed by atoms with E-state index in [9.17, 15) is 14.4 Å². The Kier molecular flexibility index (Phi) is 7.25. The van der Waals surface area contributed by atoms with Gasteiger partial charge in [0.15, 0.2) is 0 Å². The second-order valence-electron chi connectivity index (χ2n) is 6.48. The number of nitrogens with zero attached hydrogens (tertiary/aromatic N) is 1. The summed E-state index contributed by atoms with van der Waals surface area (Å²) in [4.78, 5) is 38.7. The highest BCUT2D eigenvalue weighted by Gasteiger charge is 2.32. The number of hydrogen-bond donors (Lipinski definition) is 2. The lowest BCUT2D eigenvalue weighted by Crippen LogP contribution is -2.43. The van der Waals surface area contributed by atoms with Crippen LogP contribution in [0.1, 0.15) is 27.9 Å². The molecule has 9 heteroatoms. The van der Waals surface area contributed by atoms with Gasteiger partial charge in [0.1, 0.15) is 4.32 Å². The van der Waals surface area contributed by atoms with E-state index >= 15 is 0 Å². The minimum atomic E-state index is -0.527. The van der Waals surface area contributed by atoms with E-state index in [2.05, 4.69) is 10.9 Å². The van der Waals surface area contributed by atoms with E-state index < -0.39 is 11.8 Å². The van der Waals surface area contributed by atoms with Crippen LogP contribution in [0, 0.1) is 6.92 Å². The summed E-state index contributed by atoms with van der Waals surface area (Å²) in [6.45, 7) is 2.11. The molecule has 1 aliphatic heterocycles. The lowest BCUT2D eigenvalue weighted by atomic mass is 10.1. The molecule has 30 heavy (non-hydrogen) atoms. The lowest BCUT2D eigenvalue weighted by molar-refractivity contribution is -0.124. The summed E-state index contributed by atoms with van der Waals surface area (Å²) in [7, 11) is 0. The van der Waals surface area contributed by atoms with Crippen molar-refractivity contribution in [2.45, 2.75) is 13.3 Å². The fourth-order valence-corrected chi connectivity index (χ4v) is 4.15. The van der Waals surface area contributed by atoms with Crippen molar-refractivity contribution in [3.8, 4) is 0 Å². The molecule has 1 saturated heterocycles. The molecule has 2 aromatic carbocycles. The predicted molar refractivity (Wildman–Crippen MR) is 123 cm³/mol. The third kappa shape index (κ3) is 5.47. The second-order valence-corrected chi connectivity index (χ2v) is 8.56. The van der Waals surface area contributed by atoms with E-state index in [1.54, 1.807) is 30.3 Å². The van der Waals surface area contributed by atoms with Crippen LogP contribution in [0.3, 0.4) is 0 Å². The van der Waals surface area contributed by atoms with Crippen LogP contribution in [0.4, 0.5) is 0 Å². The first-order chi connectivity index (χ1) is 14.3. The summed E-state index contributed by atoms with van der Waals surface area (Å²) in [6, 6.07) is 14.3. The number of thioether (sulfide) groups is 1. The molecule has 1 aliphatic rings. The van der Waals surface area contributed by atoms with Crippen molar-refractivity contribution < 1.29 is 14.4 Å². The highest BCUT2D eigenvalue weighted by molar-refractivity contribution is 8.26. The minimum Gasteiger partial charge on any atom is -0.292 e. The van der Waals surface area contributed by atoms with Crippen molar-refractivity contribution >= 4 is 63.7 Å². The van der Waals surface area contributed by atoms with Gasteiger partial charge >= 0.3 is 0 Å². The maximum atomic E-state index is 12.6. The number of carbonyl (C=O) groups is 3. The molecule has 3 amide bonds. The largest absolute Gasteiger partial charge is 0.292 e. The molecule has 0 radical (unpaired) electrons. The van der Waals surface area contributed by atoms with Gasteiger partial charge < -0.3 is 0 Å². The molecule has 1 fully saturated rings. The molecule has 0 bridgehead atoms. The number of thiocarbonyl (C=S) groups is 1. The van der Waals surface area contributed by atoms with E-state index in [0.717, 1.165) is 11.1 Å². The third-order valence-electron chi connectivity index (χ3n) is 4.25. The van der Waals surface area contributed by atoms with Crippen LogP contribution < -0.4 is 10.9 Å². The summed E-state index contributed by atoms with van der Waals surface area (Å²) in [6.07, 6.45) is 1.76. The summed E-state index contributed by atoms with van der Waals surface area (Å²) in [5, 5.41) is 0.280. The highest BCUT2D eigenvalue weighted by Crippen LogP contribution is 2.32. The first kappa shape index (κ1) is 22.0. The van der Waals surface area contributed by atoms with Crippen LogP contribution in [0.15, 0.2) is 53.4 Å². The quantitative estimate of drug-likeness (QED) is 0.405. The Balaban J connectivity index is 1.52. The molecule has 1 heterocycles. The Bertz CT molecular complexity index is 1040. The zero-order valence-corrected chi connectivity index (χ0v) is 18.4. The summed E-state index contributed by atoms with van der Waals surface area (Å²) in [5.41, 5.74) is 6.91. The van der Waals surface area contributed by atoms with Crippen molar-refractivity contribution in [2.24, 2.45) is 0 Å². The van der Waals surface area contributed by atoms with Crippen molar-refractivity contribution in [2.75, 3.05) is 6.54 Å². The Morgan fingerprint density at radius 1 is 1.13 bits per heavy atom. The number of nitrogens with one attached hydrogen (secondary N) is 2. The standard InChI is InChI=1S/C21H18ClN3O3S2/c1-13-6-8-14(9-7-13)12-17-20(28)25(21(29)30-17)11-10-18(26)23-24-19(27)15-4-2-3-5-16(15)22/h2-9,12H,10-11H2,1H3,(H,23,26)(H,24,27). The molecule has 0 aliphatic carbocycles. The summed E-state index contributed by atoms with van der Waals surface area (Å²) in [5.74, 6) is -1.22. The molecule has 0 unspecified atom stereocenters. The highest BCUT2D eigenvalue weighted by atomic mass is 35.5. The molecule has 2 N–H and O–H groups in total. The minimum absolute atomic E-state index is 0.0208. The Hall–Kier alpha value is -2.68. The molecule has 3 rings (SSSR count). The van der Waals surface area contributed by atoms with E-state index in [1.165, 1.54) is 16.7 Å². The van der Waals surface area contributed by atoms with Crippen molar-refractivity contribution in [1.29, 1.82) is 0 Å². The van der Waals surface area contributed by atoms with Gasteiger partial charge in [-0.25, -0.2) is 0 Å². The van der Waals surface area contributed by atoms with Gasteiger partial charge in [0, 0.05) is 13.0 Å². The topological polar surface area (TPSA) is 78.5 Å². The van der Waals surface area contributed by atoms with Crippen LogP contribution >= 0.6 is 35.6 Å². The van der Waals surface area contributed by atoms with Crippen LogP contribution in [-0.4, -0.2) is 33.5 Å². The van der Waals surface area contributed by atoms with Gasteiger partial charge in [-0.1, -0.05) is 77.5 Å². The van der Waals surface area contributed by atoms with E-state index in [1.807, 2.05) is 31.2 Å². The maximum Gasteiger partial charge on any atom is 0.271 e. The number of hydrogen-bond acceptors (Lipinski definition) is 5. The van der Waals surface area contributed by atoms with Crippen molar-refractivity contribution in [3.63, 3.8) is 0 Å². The van der Waals surface area contributed by atoms with E-state index in [-0.39, 0.29) is 29.5 Å². The first-order valence-electron chi connectivity index (χ1n) is 9.01. The number of halogens is 1. The fourth-order valence-electron chi connectivity index (χ4n) is 2.62. The zero-order chi connectivity index (χ0) is 21.7. The molecule has 6 nitrogen and oxygen atoms in total. The number of aryl methyl sites for hydroxylation is 1. The fraction of sp³-hybridized carbons (Fsp3) is 0.143. The predicted octanol–water partition coefficient (Wildman–Crippen LogP) is 3.70. The Labute approximate surface area is 188 Å². The monoisotopic (exact) mass is 459 g/mol. The Morgan fingerprint density at radius 2 is 1.83 bits per heavy atom. The van der Waals surface area contributed by atoms with Crippen LogP contribution in [0.25, 0.3) is 6.08 Å². The van der Waals surface area contributed by atoms with Gasteiger partial charge in [-0.2, -0.15) is 0 Å². The number of benzene rings is 2. The van der Waals surface area contributed by atoms with Gasteiger partial charge in [-0.3, -0.25) is 30.1 Å². The van der Waals surface area contributed by atoms with E-state index in [4.69, 9.17) is 23.8 Å². The molecule has 0 saturated carbocycles. The number of hydrazine groups is 1. The molecule has 2 aromatic rings. The number of amides is 3. The van der Waals surface area contributed by atoms with Gasteiger partial charge in [0.25, 0.3) is 11.8 Å². The SMILES string of the molecule is Cc1ccc(C=C2SC(=S)N(CCC(=O)NNC(=O)c3ccccc3Cl)C2=O)cc1. The first-order valence-corrected chi connectivity index (χ1v) is 10.6. The molecule has 0 atom stereocenters. The third-order valence-corrected chi connectivity index (χ3v) is 5.95. The van der Waals surface area contributed by atoms with Gasteiger partial charge in [-0.15, -0.1) is 0 Å². The number of carbonyl (C=O) groups excluding carboxylic acids is 3. The van der Waals surface area contributed by atoms with Crippen LogP contribution in [-0.2, 0) is 9.59 Å². The van der Waals surface area contributed by atoms with Crippen LogP contribution in [0.2, 0.25) is 5.02 Å². The second kappa shape index (κ2) is 9.88. The Morgan fingerprint density at radius 3 is 2.53 bits per heavy atom. The molecular formula is C21H18ClN3O3S2. The normalized spacial score (nSPS) is 14.9. The van der Waals surface area contributed by atoms with E-state index in [0.29, 0.717) is 9.23 Å². The molecule has 0 spiro atoms. The zero-order valence-electron chi connectivity index (χ0n) is 16.0. The molecular weight excluding hydrogens is 442 g/mol. The summed E-state index contributed by atoms with van der Waals surface area (Å²) < 4.78 is 0.395.